The molecule has 0 saturated carbocycles. The van der Waals surface area contributed by atoms with Crippen LogP contribution in [0.25, 0.3) is 0 Å². The minimum atomic E-state index is -0.575. The summed E-state index contributed by atoms with van der Waals surface area (Å²) in [6, 6.07) is 3.73. The molecule has 1 unspecified atom stereocenters. The fraction of sp³-hybridized carbons (Fsp3) is 0.417. The van der Waals surface area contributed by atoms with Gasteiger partial charge < -0.3 is 15.2 Å². The third kappa shape index (κ3) is 3.92. The summed E-state index contributed by atoms with van der Waals surface area (Å²) in [7, 11) is 1.30. The molecule has 0 aliphatic rings. The number of ether oxygens (including phenoxy) is 1. The molecule has 1 aromatic carbocycles. The molecule has 0 bridgehead atoms. The zero-order valence-corrected chi connectivity index (χ0v) is 10.8. The molecule has 0 fully saturated rings. The smallest absolute Gasteiger partial charge is 0.310 e. The average molecular weight is 268 g/mol. The molecule has 7 heteroatoms. The summed E-state index contributed by atoms with van der Waals surface area (Å²) < 4.78 is 4.89. The number of amides is 1. The minimum absolute atomic E-state index is 0.0228. The molecule has 2 N–H and O–H groups in total. The second-order valence-electron chi connectivity index (χ2n) is 4.03. The van der Waals surface area contributed by atoms with Crippen LogP contribution in [0.15, 0.2) is 18.2 Å². The van der Waals surface area contributed by atoms with Crippen LogP contribution < -0.4 is 10.1 Å². The number of aliphatic hydroxyl groups excluding tert-OH is 1. The highest BCUT2D eigenvalue weighted by Gasteiger charge is 2.18. The molecule has 0 spiro atoms. The van der Waals surface area contributed by atoms with E-state index in [9.17, 15) is 14.9 Å². The van der Waals surface area contributed by atoms with Gasteiger partial charge in [-0.3, -0.25) is 14.9 Å². The van der Waals surface area contributed by atoms with E-state index >= 15 is 0 Å². The number of nitro groups is 1. The van der Waals surface area contributed by atoms with Crippen molar-refractivity contribution >= 4 is 11.6 Å². The van der Waals surface area contributed by atoms with Gasteiger partial charge in [-0.2, -0.15) is 0 Å². The van der Waals surface area contributed by atoms with Gasteiger partial charge in [-0.25, -0.2) is 0 Å². The summed E-state index contributed by atoms with van der Waals surface area (Å²) in [5.41, 5.74) is 0.0784. The van der Waals surface area contributed by atoms with Crippen molar-refractivity contribution < 1.29 is 19.6 Å². The lowest BCUT2D eigenvalue weighted by Gasteiger charge is -2.12. The highest BCUT2D eigenvalue weighted by Crippen LogP contribution is 2.27. The first-order valence-corrected chi connectivity index (χ1v) is 5.73. The minimum Gasteiger partial charge on any atom is -0.490 e. The number of benzene rings is 1. The normalized spacial score (nSPS) is 11.7. The van der Waals surface area contributed by atoms with Crippen molar-refractivity contribution in [2.45, 2.75) is 19.4 Å². The Labute approximate surface area is 110 Å². The van der Waals surface area contributed by atoms with Gasteiger partial charge >= 0.3 is 5.69 Å². The molecule has 0 aromatic heterocycles. The van der Waals surface area contributed by atoms with E-state index in [-0.39, 0.29) is 35.6 Å². The van der Waals surface area contributed by atoms with Gasteiger partial charge in [0.05, 0.1) is 12.0 Å². The van der Waals surface area contributed by atoms with E-state index in [0.717, 1.165) is 0 Å². The number of nitrogens with zero attached hydrogens (tertiary/aromatic N) is 1. The van der Waals surface area contributed by atoms with Crippen LogP contribution >= 0.6 is 0 Å². The zero-order valence-electron chi connectivity index (χ0n) is 10.8. The van der Waals surface area contributed by atoms with Crippen LogP contribution in [0.5, 0.6) is 5.75 Å². The highest BCUT2D eigenvalue weighted by atomic mass is 16.6. The first kappa shape index (κ1) is 14.9. The Balaban J connectivity index is 2.90. The molecule has 104 valence electrons. The topological polar surface area (TPSA) is 102 Å². The van der Waals surface area contributed by atoms with E-state index in [1.54, 1.807) is 6.92 Å². The van der Waals surface area contributed by atoms with Crippen molar-refractivity contribution in [2.24, 2.45) is 0 Å². The average Bonchev–Trinajstić information content (AvgIpc) is 2.37. The summed E-state index contributed by atoms with van der Waals surface area (Å²) in [4.78, 5) is 22.0. The molecule has 0 radical (unpaired) electrons. The molecule has 0 saturated heterocycles. The lowest BCUT2D eigenvalue weighted by atomic mass is 10.1. The van der Waals surface area contributed by atoms with Crippen LogP contribution in [0.2, 0.25) is 0 Å². The number of carbonyl (C=O) groups excluding carboxylic acids is 1. The molecule has 0 heterocycles. The summed E-state index contributed by atoms with van der Waals surface area (Å²) in [6.45, 7) is 1.74. The summed E-state index contributed by atoms with van der Waals surface area (Å²) >= 11 is 0. The second kappa shape index (κ2) is 6.69. The third-order valence-electron chi connectivity index (χ3n) is 2.58. The monoisotopic (exact) mass is 268 g/mol. The Bertz CT molecular complexity index is 475. The quantitative estimate of drug-likeness (QED) is 0.594. The van der Waals surface area contributed by atoms with Crippen molar-refractivity contribution in [2.75, 3.05) is 13.7 Å². The van der Waals surface area contributed by atoms with Crippen LogP contribution in [0.4, 0.5) is 5.69 Å². The molecule has 0 aliphatic carbocycles. The van der Waals surface area contributed by atoms with Crippen LogP contribution in [-0.2, 0) is 0 Å². The Hall–Kier alpha value is -2.15. The predicted molar refractivity (Wildman–Crippen MR) is 68.3 cm³/mol. The number of methoxy groups -OCH3 is 1. The van der Waals surface area contributed by atoms with E-state index in [2.05, 4.69) is 5.32 Å². The Kier molecular flexibility index (Phi) is 5.25. The van der Waals surface area contributed by atoms with E-state index in [1.807, 2.05) is 0 Å². The summed E-state index contributed by atoms with van der Waals surface area (Å²) in [6.07, 6.45) is 0.440. The van der Waals surface area contributed by atoms with Crippen molar-refractivity contribution in [1.29, 1.82) is 0 Å². The number of carbonyl (C=O) groups is 1. The molecular weight excluding hydrogens is 252 g/mol. The van der Waals surface area contributed by atoms with Crippen molar-refractivity contribution in [3.8, 4) is 5.75 Å². The van der Waals surface area contributed by atoms with E-state index < -0.39 is 4.92 Å². The van der Waals surface area contributed by atoms with Crippen LogP contribution in [0.3, 0.4) is 0 Å². The molecule has 1 amide bonds. The van der Waals surface area contributed by atoms with Gasteiger partial charge in [0.2, 0.25) is 0 Å². The highest BCUT2D eigenvalue weighted by molar-refractivity contribution is 5.95. The Morgan fingerprint density at radius 2 is 2.26 bits per heavy atom. The molecule has 1 aromatic rings. The molecule has 0 aliphatic heterocycles. The molecule has 1 atom stereocenters. The number of hydrogen-bond donors (Lipinski definition) is 2. The maximum Gasteiger partial charge on any atom is 0.310 e. The second-order valence-corrected chi connectivity index (χ2v) is 4.03. The van der Waals surface area contributed by atoms with E-state index in [0.29, 0.717) is 6.42 Å². The number of rotatable bonds is 6. The molecule has 7 nitrogen and oxygen atoms in total. The summed E-state index contributed by atoms with van der Waals surface area (Å²) in [5, 5.41) is 22.1. The third-order valence-corrected chi connectivity index (χ3v) is 2.58. The Morgan fingerprint density at radius 1 is 1.58 bits per heavy atom. The Morgan fingerprint density at radius 3 is 2.79 bits per heavy atom. The van der Waals surface area contributed by atoms with Crippen LogP contribution in [0, 0.1) is 10.1 Å². The van der Waals surface area contributed by atoms with Gasteiger partial charge in [0.25, 0.3) is 5.91 Å². The first-order valence-electron chi connectivity index (χ1n) is 5.73. The van der Waals surface area contributed by atoms with E-state index in [4.69, 9.17) is 9.84 Å². The number of aliphatic hydroxyl groups is 1. The van der Waals surface area contributed by atoms with Gasteiger partial charge in [-0.15, -0.1) is 0 Å². The number of nitro benzene ring substituents is 1. The van der Waals surface area contributed by atoms with Crippen molar-refractivity contribution in [3.05, 3.63) is 33.9 Å². The van der Waals surface area contributed by atoms with Crippen LogP contribution in [0.1, 0.15) is 23.7 Å². The molecule has 19 heavy (non-hydrogen) atoms. The lowest BCUT2D eigenvalue weighted by Crippen LogP contribution is -2.33. The fourth-order valence-corrected chi connectivity index (χ4v) is 1.54. The van der Waals surface area contributed by atoms with Crippen molar-refractivity contribution in [1.82, 2.24) is 5.32 Å². The first-order chi connectivity index (χ1) is 8.99. The number of nitrogens with one attached hydrogen (secondary N) is 1. The maximum atomic E-state index is 11.9. The largest absolute Gasteiger partial charge is 0.490 e. The van der Waals surface area contributed by atoms with Gasteiger partial charge in [-0.1, -0.05) is 0 Å². The van der Waals surface area contributed by atoms with Gasteiger partial charge in [-0.05, 0) is 19.4 Å². The van der Waals surface area contributed by atoms with E-state index in [1.165, 1.54) is 25.3 Å². The predicted octanol–water partition coefficient (Wildman–Crippen LogP) is 1.10. The van der Waals surface area contributed by atoms with Crippen LogP contribution in [-0.4, -0.2) is 35.7 Å². The standard InChI is InChI=1S/C12H16N2O5/c1-8(5-6-15)13-12(16)9-3-4-10(14(17)18)11(7-9)19-2/h3-4,7-8,15H,5-6H2,1-2H3,(H,13,16). The maximum absolute atomic E-state index is 11.9. The zero-order chi connectivity index (χ0) is 14.4. The van der Waals surface area contributed by atoms with Gasteiger partial charge in [0.15, 0.2) is 5.75 Å². The van der Waals surface area contributed by atoms with Gasteiger partial charge in [0.1, 0.15) is 0 Å². The lowest BCUT2D eigenvalue weighted by molar-refractivity contribution is -0.385. The molecular formula is C12H16N2O5. The summed E-state index contributed by atoms with van der Waals surface area (Å²) in [5.74, 6) is -0.332. The fourth-order valence-electron chi connectivity index (χ4n) is 1.54. The molecule has 1 rings (SSSR count). The van der Waals surface area contributed by atoms with Crippen molar-refractivity contribution in [3.63, 3.8) is 0 Å². The SMILES string of the molecule is COc1cc(C(=O)NC(C)CCO)ccc1[N+](=O)[O-]. The number of hydrogen-bond acceptors (Lipinski definition) is 5. The van der Waals surface area contributed by atoms with Gasteiger partial charge in [0, 0.05) is 30.3 Å².